The van der Waals surface area contributed by atoms with E-state index in [2.05, 4.69) is 23.4 Å². The van der Waals surface area contributed by atoms with Crippen molar-refractivity contribution in [2.45, 2.75) is 96.9 Å². The molecule has 14 heteroatoms. The number of alkyl halides is 2. The summed E-state index contributed by atoms with van der Waals surface area (Å²) in [6.45, 7) is 15.7. The molecule has 4 aromatic rings. The van der Waals surface area contributed by atoms with Gasteiger partial charge in [-0.2, -0.15) is 15.1 Å². The first kappa shape index (κ1) is 39.3. The Bertz CT molecular complexity index is 2130. The molecule has 2 aromatic heterocycles. The van der Waals surface area contributed by atoms with E-state index in [0.717, 1.165) is 73.5 Å². The van der Waals surface area contributed by atoms with Crippen LogP contribution >= 0.6 is 0 Å². The van der Waals surface area contributed by atoms with Gasteiger partial charge in [0.05, 0.1) is 11.7 Å². The first-order valence-electron chi connectivity index (χ1n) is 20.4. The number of amides is 1. The van der Waals surface area contributed by atoms with E-state index in [1.807, 2.05) is 56.8 Å². The quantitative estimate of drug-likeness (QED) is 0.156. The molecule has 8 rings (SSSR count). The second-order valence-corrected chi connectivity index (χ2v) is 17.3. The zero-order chi connectivity index (χ0) is 40.1. The van der Waals surface area contributed by atoms with E-state index in [4.69, 9.17) is 34.0 Å². The van der Waals surface area contributed by atoms with Gasteiger partial charge in [0.1, 0.15) is 30.1 Å². The molecule has 0 radical (unpaired) electrons. The molecule has 57 heavy (non-hydrogen) atoms. The van der Waals surface area contributed by atoms with Crippen LogP contribution in [0.5, 0.6) is 11.8 Å². The van der Waals surface area contributed by atoms with Gasteiger partial charge in [-0.15, -0.1) is 0 Å². The molecule has 306 valence electrons. The highest BCUT2D eigenvalue weighted by molar-refractivity contribution is 6.07. The van der Waals surface area contributed by atoms with E-state index in [9.17, 15) is 13.6 Å². The summed E-state index contributed by atoms with van der Waals surface area (Å²) in [6, 6.07) is 6.46. The van der Waals surface area contributed by atoms with Gasteiger partial charge in [-0.3, -0.25) is 0 Å². The van der Waals surface area contributed by atoms with E-state index >= 15 is 0 Å². The summed E-state index contributed by atoms with van der Waals surface area (Å²) < 4.78 is 54.6. The Morgan fingerprint density at radius 2 is 1.84 bits per heavy atom. The van der Waals surface area contributed by atoms with Gasteiger partial charge in [0.2, 0.25) is 0 Å². The highest BCUT2D eigenvalue weighted by Crippen LogP contribution is 2.48. The fourth-order valence-electron chi connectivity index (χ4n) is 9.03. The Morgan fingerprint density at radius 3 is 2.51 bits per heavy atom. The van der Waals surface area contributed by atoms with Crippen molar-refractivity contribution in [1.29, 1.82) is 0 Å². The van der Waals surface area contributed by atoms with Gasteiger partial charge in [0.25, 0.3) is 6.43 Å². The molecule has 6 heterocycles. The first-order valence-corrected chi connectivity index (χ1v) is 20.4. The van der Waals surface area contributed by atoms with Crippen LogP contribution < -0.4 is 14.4 Å². The Hall–Kier alpha value is -4.56. The van der Waals surface area contributed by atoms with Crippen molar-refractivity contribution in [1.82, 2.24) is 29.5 Å². The number of carbonyl (C=O) groups excluding carboxylic acids is 1. The Morgan fingerprint density at radius 1 is 1.05 bits per heavy atom. The lowest BCUT2D eigenvalue weighted by Crippen LogP contribution is -2.62. The number of ether oxygens (including phenoxy) is 4. The topological polar surface area (TPSA) is 107 Å². The summed E-state index contributed by atoms with van der Waals surface area (Å²) in [4.78, 5) is 29.1. The summed E-state index contributed by atoms with van der Waals surface area (Å²) in [7, 11) is 2.09. The van der Waals surface area contributed by atoms with Crippen molar-refractivity contribution < 1.29 is 32.5 Å². The molecule has 4 aliphatic heterocycles. The first-order chi connectivity index (χ1) is 27.3. The van der Waals surface area contributed by atoms with Gasteiger partial charge in [0, 0.05) is 60.6 Å². The van der Waals surface area contributed by atoms with Gasteiger partial charge in [-0.05, 0) is 115 Å². The van der Waals surface area contributed by atoms with Crippen LogP contribution in [-0.4, -0.2) is 113 Å². The molecular weight excluding hydrogens is 733 g/mol. The molecule has 2 aromatic carbocycles. The average molecular weight is 788 g/mol. The van der Waals surface area contributed by atoms with Crippen molar-refractivity contribution >= 4 is 39.8 Å². The molecule has 4 fully saturated rings. The highest BCUT2D eigenvalue weighted by Gasteiger charge is 2.48. The predicted octanol–water partition coefficient (Wildman–Crippen LogP) is 8.25. The van der Waals surface area contributed by atoms with E-state index in [1.165, 1.54) is 0 Å². The highest BCUT2D eigenvalue weighted by atomic mass is 19.3. The third-order valence-corrected chi connectivity index (χ3v) is 12.1. The smallest absolute Gasteiger partial charge is 0.410 e. The van der Waals surface area contributed by atoms with Gasteiger partial charge in [-0.1, -0.05) is 18.7 Å². The number of anilines is 1. The maximum absolute atomic E-state index is 14.2. The van der Waals surface area contributed by atoms with E-state index in [1.54, 1.807) is 11.0 Å². The molecule has 0 aliphatic carbocycles. The third kappa shape index (κ3) is 7.86. The maximum Gasteiger partial charge on any atom is 0.410 e. The fourth-order valence-corrected chi connectivity index (χ4v) is 9.03. The van der Waals surface area contributed by atoms with Crippen molar-refractivity contribution in [3.05, 3.63) is 42.1 Å². The van der Waals surface area contributed by atoms with Crippen molar-refractivity contribution in [2.75, 3.05) is 64.5 Å². The van der Waals surface area contributed by atoms with E-state index in [-0.39, 0.29) is 35.5 Å². The summed E-state index contributed by atoms with van der Waals surface area (Å²) in [5.74, 6) is 0.883. The number of aryl methyl sites for hydroxylation is 1. The molecule has 4 saturated heterocycles. The zero-order valence-electron chi connectivity index (χ0n) is 33.9. The van der Waals surface area contributed by atoms with Crippen molar-refractivity contribution in [2.24, 2.45) is 5.41 Å². The van der Waals surface area contributed by atoms with Crippen LogP contribution in [-0.2, 0) is 9.47 Å². The minimum absolute atomic E-state index is 0.00305. The number of carbonyl (C=O) groups is 1. The maximum atomic E-state index is 14.2. The third-order valence-electron chi connectivity index (χ3n) is 12.1. The van der Waals surface area contributed by atoms with Crippen molar-refractivity contribution in [3.63, 3.8) is 0 Å². The predicted molar refractivity (Wildman–Crippen MR) is 216 cm³/mol. The fraction of sp³-hybridized carbons (Fsp3) is 0.581. The summed E-state index contributed by atoms with van der Waals surface area (Å²) >= 11 is 0. The van der Waals surface area contributed by atoms with E-state index < -0.39 is 18.6 Å². The Labute approximate surface area is 333 Å². The molecule has 0 bridgehead atoms. The minimum Gasteiger partial charge on any atom is -0.485 e. The number of halogens is 2. The van der Waals surface area contributed by atoms with Crippen LogP contribution in [0, 0.1) is 12.3 Å². The molecule has 0 saturated carbocycles. The second kappa shape index (κ2) is 15.7. The minimum atomic E-state index is -2.72. The number of likely N-dealkylation sites (tertiary alicyclic amines) is 2. The van der Waals surface area contributed by atoms with Crippen LogP contribution in [0.2, 0.25) is 0 Å². The number of nitrogens with zero attached hydrogens (tertiary/aromatic N) is 7. The molecule has 2 atom stereocenters. The lowest BCUT2D eigenvalue weighted by atomic mass is 9.72. The monoisotopic (exact) mass is 787 g/mol. The normalized spacial score (nSPS) is 21.4. The SMILES string of the molecule is C=Cc1cc2c(N3CCC4(CC3)CN(C(=O)OC(C)(C)C)C4)nc(OC[C@@H]3CCCN3C)nc2c(OCC(F)F)c1-c1c(C)ccc2c1cnn2C1CCCCO1. The largest absolute Gasteiger partial charge is 0.485 e. The van der Waals surface area contributed by atoms with E-state index in [0.29, 0.717) is 67.2 Å². The zero-order valence-corrected chi connectivity index (χ0v) is 33.9. The van der Waals surface area contributed by atoms with Crippen LogP contribution in [0.15, 0.2) is 31.0 Å². The molecule has 12 nitrogen and oxygen atoms in total. The summed E-state index contributed by atoms with van der Waals surface area (Å²) in [5, 5.41) is 6.32. The summed E-state index contributed by atoms with van der Waals surface area (Å²) in [6.07, 6.45) is 7.08. The van der Waals surface area contributed by atoms with Gasteiger partial charge in [0.15, 0.2) is 12.0 Å². The number of rotatable bonds is 10. The number of fused-ring (bicyclic) bond motifs is 2. The molecule has 1 spiro atoms. The number of piperidine rings is 1. The molecule has 0 N–H and O–H groups in total. The molecule has 4 aliphatic rings. The van der Waals surface area contributed by atoms with Gasteiger partial charge < -0.3 is 33.6 Å². The van der Waals surface area contributed by atoms with Crippen LogP contribution in [0.3, 0.4) is 0 Å². The summed E-state index contributed by atoms with van der Waals surface area (Å²) in [5.41, 5.74) is 3.78. The average Bonchev–Trinajstić information content (AvgIpc) is 3.80. The lowest BCUT2D eigenvalue weighted by molar-refractivity contribution is -0.0434. The second-order valence-electron chi connectivity index (χ2n) is 17.3. The van der Waals surface area contributed by atoms with Crippen LogP contribution in [0.25, 0.3) is 39.0 Å². The number of likely N-dealkylation sites (N-methyl/N-ethyl adjacent to an activating group) is 1. The van der Waals surface area contributed by atoms with Crippen LogP contribution in [0.4, 0.5) is 19.4 Å². The molecule has 1 unspecified atom stereocenters. The molecular formula is C43H55F2N7O5. The van der Waals surface area contributed by atoms with Gasteiger partial charge >= 0.3 is 12.1 Å². The number of hydrogen-bond donors (Lipinski definition) is 0. The number of hydrogen-bond acceptors (Lipinski definition) is 10. The standard InChI is InChI=1S/C43H55F2N7O5/c1-7-28-21-30-37(38(55-24-33(44)45)36(28)35-27(2)13-14-32-31(35)22-46-52(32)34-12-8-9-20-54-34)47-40(56-23-29-11-10-17-49(29)6)48-39(30)50-18-15-43(16-19-50)25-51(26-43)41(53)57-42(3,4)5/h7,13-14,21-22,29,33-34H,1,8-12,15-20,23-26H2,2-6H3/t29-,34?/m0/s1. The Kier molecular flexibility index (Phi) is 10.8. The lowest BCUT2D eigenvalue weighted by Gasteiger charge is -2.53. The Balaban J connectivity index is 1.22. The van der Waals surface area contributed by atoms with Gasteiger partial charge in [-0.25, -0.2) is 18.3 Å². The van der Waals surface area contributed by atoms with Crippen LogP contribution in [0.1, 0.15) is 83.1 Å². The number of benzene rings is 2. The molecule has 1 amide bonds. The van der Waals surface area contributed by atoms with Crippen molar-refractivity contribution in [3.8, 4) is 22.9 Å². The number of aromatic nitrogens is 4.